The molecule has 3 atom stereocenters. The molecule has 1 aromatic carbocycles. The van der Waals surface area contributed by atoms with Crippen LogP contribution in [0, 0.1) is 19.8 Å². The van der Waals surface area contributed by atoms with E-state index in [-0.39, 0.29) is 14.6 Å². The van der Waals surface area contributed by atoms with Crippen LogP contribution in [0.1, 0.15) is 44.7 Å². The fraction of sp³-hybridized carbons (Fsp3) is 0.739. The summed E-state index contributed by atoms with van der Waals surface area (Å²) >= 11 is 0. The van der Waals surface area contributed by atoms with Crippen molar-refractivity contribution in [2.24, 2.45) is 5.92 Å². The van der Waals surface area contributed by atoms with Gasteiger partial charge in [0.05, 0.1) is 15.6 Å². The van der Waals surface area contributed by atoms with E-state index in [1.807, 2.05) is 0 Å². The Bertz CT molecular complexity index is 659. The highest BCUT2D eigenvalue weighted by molar-refractivity contribution is 6.74. The molecule has 0 aliphatic heterocycles. The van der Waals surface area contributed by atoms with Crippen LogP contribution in [0.4, 0.5) is 0 Å². The molecular formula is C23H44O2Si3. The van der Waals surface area contributed by atoms with Crippen LogP contribution in [0.15, 0.2) is 18.2 Å². The van der Waals surface area contributed by atoms with Crippen LogP contribution >= 0.6 is 0 Å². The zero-order valence-electron chi connectivity index (χ0n) is 20.1. The lowest BCUT2D eigenvalue weighted by molar-refractivity contribution is 0.135. The van der Waals surface area contributed by atoms with Gasteiger partial charge >= 0.3 is 0 Å². The van der Waals surface area contributed by atoms with Gasteiger partial charge in [-0.25, -0.2) is 0 Å². The van der Waals surface area contributed by atoms with Crippen molar-refractivity contribution < 1.29 is 8.85 Å². The molecule has 1 fully saturated rings. The molecule has 0 N–H and O–H groups in total. The maximum absolute atomic E-state index is 6.96. The largest absolute Gasteiger partial charge is 0.415 e. The summed E-state index contributed by atoms with van der Waals surface area (Å²) < 4.78 is 13.5. The first-order chi connectivity index (χ1) is 12.7. The molecule has 5 heteroatoms. The highest BCUT2D eigenvalue weighted by Gasteiger charge is 2.44. The van der Waals surface area contributed by atoms with E-state index in [2.05, 4.69) is 85.6 Å². The van der Waals surface area contributed by atoms with E-state index < -0.39 is 16.6 Å². The highest BCUT2D eigenvalue weighted by atomic mass is 28.4. The molecule has 0 heterocycles. The zero-order valence-corrected chi connectivity index (χ0v) is 23.5. The number of benzene rings is 1. The van der Waals surface area contributed by atoms with Gasteiger partial charge in [-0.1, -0.05) is 50.2 Å². The van der Waals surface area contributed by atoms with E-state index in [0.717, 1.165) is 6.42 Å². The standard InChI is InChI=1S/C23H44O2Si3/c1-17-12-11-13-22(18(17)2)26-16-19-14-20(24-27(6,7)8)15-21(19)25-28(9,10)23(3,4)5/h11-13,19-21H,14-16,26H2,1-10H3/t19-,20?,21+/m1/s1. The zero-order chi connectivity index (χ0) is 21.3. The van der Waals surface area contributed by atoms with E-state index in [9.17, 15) is 0 Å². The lowest BCUT2D eigenvalue weighted by Gasteiger charge is -2.40. The predicted molar refractivity (Wildman–Crippen MR) is 132 cm³/mol. The van der Waals surface area contributed by atoms with Gasteiger partial charge in [-0.3, -0.25) is 0 Å². The molecule has 160 valence electrons. The van der Waals surface area contributed by atoms with Gasteiger partial charge in [0.25, 0.3) is 0 Å². The van der Waals surface area contributed by atoms with Gasteiger partial charge < -0.3 is 8.85 Å². The van der Waals surface area contributed by atoms with Crippen molar-refractivity contribution in [3.8, 4) is 0 Å². The second kappa shape index (κ2) is 8.88. The lowest BCUT2D eigenvalue weighted by Crippen LogP contribution is -2.45. The van der Waals surface area contributed by atoms with Crippen molar-refractivity contribution in [3.05, 3.63) is 29.3 Å². The van der Waals surface area contributed by atoms with Crippen molar-refractivity contribution in [1.82, 2.24) is 0 Å². The van der Waals surface area contributed by atoms with Gasteiger partial charge in [-0.05, 0) is 81.5 Å². The molecule has 0 aromatic heterocycles. The van der Waals surface area contributed by atoms with E-state index in [4.69, 9.17) is 8.85 Å². The summed E-state index contributed by atoms with van der Waals surface area (Å²) in [6.07, 6.45) is 3.09. The van der Waals surface area contributed by atoms with Crippen molar-refractivity contribution in [3.63, 3.8) is 0 Å². The van der Waals surface area contributed by atoms with Crippen LogP contribution in [0.5, 0.6) is 0 Å². The molecule has 2 nitrogen and oxygen atoms in total. The summed E-state index contributed by atoms with van der Waals surface area (Å²) in [5.41, 5.74) is 2.95. The Morgan fingerprint density at radius 1 is 1.00 bits per heavy atom. The molecule has 1 aromatic rings. The summed E-state index contributed by atoms with van der Waals surface area (Å²) in [5.74, 6) is 0.669. The number of rotatable bonds is 7. The van der Waals surface area contributed by atoms with Crippen LogP contribution in [0.25, 0.3) is 0 Å². The molecular weight excluding hydrogens is 393 g/mol. The van der Waals surface area contributed by atoms with Crippen molar-refractivity contribution in [2.45, 2.75) is 103 Å². The third-order valence-electron chi connectivity index (χ3n) is 6.86. The molecule has 0 saturated heterocycles. The summed E-state index contributed by atoms with van der Waals surface area (Å²) in [4.78, 5) is 0. The first kappa shape index (κ1) is 24.1. The van der Waals surface area contributed by atoms with E-state index in [1.165, 1.54) is 23.6 Å². The van der Waals surface area contributed by atoms with E-state index in [0.29, 0.717) is 18.1 Å². The Kier molecular flexibility index (Phi) is 7.63. The van der Waals surface area contributed by atoms with Crippen molar-refractivity contribution >= 4 is 31.3 Å². The smallest absolute Gasteiger partial charge is 0.192 e. The van der Waals surface area contributed by atoms with Crippen LogP contribution in [0.3, 0.4) is 0 Å². The third kappa shape index (κ3) is 6.39. The van der Waals surface area contributed by atoms with Crippen molar-refractivity contribution in [2.75, 3.05) is 0 Å². The minimum Gasteiger partial charge on any atom is -0.415 e. The monoisotopic (exact) mass is 436 g/mol. The first-order valence-electron chi connectivity index (χ1n) is 11.1. The molecule has 1 saturated carbocycles. The summed E-state index contributed by atoms with van der Waals surface area (Å²) in [6, 6.07) is 8.18. The van der Waals surface area contributed by atoms with Crippen LogP contribution in [0.2, 0.25) is 43.8 Å². The van der Waals surface area contributed by atoms with Gasteiger partial charge in [-0.15, -0.1) is 0 Å². The number of hydrogen-bond donors (Lipinski definition) is 0. The molecule has 1 unspecified atom stereocenters. The van der Waals surface area contributed by atoms with E-state index >= 15 is 0 Å². The highest BCUT2D eigenvalue weighted by Crippen LogP contribution is 2.42. The molecule has 1 aliphatic rings. The fourth-order valence-corrected chi connectivity index (χ4v) is 8.90. The molecule has 0 radical (unpaired) electrons. The van der Waals surface area contributed by atoms with E-state index in [1.54, 1.807) is 5.19 Å². The molecule has 2 rings (SSSR count). The average Bonchev–Trinajstić information content (AvgIpc) is 2.86. The van der Waals surface area contributed by atoms with Gasteiger partial charge in [0, 0.05) is 6.10 Å². The van der Waals surface area contributed by atoms with Crippen LogP contribution in [-0.4, -0.2) is 38.4 Å². The fourth-order valence-electron chi connectivity index (χ4n) is 4.06. The summed E-state index contributed by atoms with van der Waals surface area (Å²) in [5, 5.41) is 1.90. The first-order valence-corrected chi connectivity index (χ1v) is 19.1. The maximum atomic E-state index is 6.96. The second-order valence-electron chi connectivity index (χ2n) is 11.4. The SMILES string of the molecule is Cc1cccc([SiH2]C[C@H]2CC(O[Si](C)(C)C)C[C@@H]2O[Si](C)(C)C(C)(C)C)c1C. The molecule has 28 heavy (non-hydrogen) atoms. The Hall–Kier alpha value is -0.209. The lowest BCUT2D eigenvalue weighted by atomic mass is 10.1. The maximum Gasteiger partial charge on any atom is 0.192 e. The number of aryl methyl sites for hydroxylation is 1. The molecule has 1 aliphatic carbocycles. The van der Waals surface area contributed by atoms with Gasteiger partial charge in [0.1, 0.15) is 0 Å². The van der Waals surface area contributed by atoms with Gasteiger partial charge in [0.2, 0.25) is 0 Å². The Balaban J connectivity index is 2.13. The third-order valence-corrected chi connectivity index (χ3v) is 14.7. The second-order valence-corrected chi connectivity index (χ2v) is 22.5. The summed E-state index contributed by atoms with van der Waals surface area (Å²) in [6.45, 7) is 23.3. The van der Waals surface area contributed by atoms with Crippen LogP contribution in [-0.2, 0) is 8.85 Å². The quantitative estimate of drug-likeness (QED) is 0.523. The number of hydrogen-bond acceptors (Lipinski definition) is 2. The topological polar surface area (TPSA) is 18.5 Å². The Morgan fingerprint density at radius 2 is 1.64 bits per heavy atom. The van der Waals surface area contributed by atoms with Crippen molar-refractivity contribution in [1.29, 1.82) is 0 Å². The molecule has 0 spiro atoms. The molecule has 0 amide bonds. The predicted octanol–water partition coefficient (Wildman–Crippen LogP) is 5.54. The molecule has 0 bridgehead atoms. The normalized spacial score (nSPS) is 24.4. The minimum atomic E-state index is -1.76. The van der Waals surface area contributed by atoms with Crippen LogP contribution < -0.4 is 5.19 Å². The minimum absolute atomic E-state index is 0.264. The Morgan fingerprint density at radius 3 is 2.21 bits per heavy atom. The Labute approximate surface area is 178 Å². The average molecular weight is 437 g/mol. The summed E-state index contributed by atoms with van der Waals surface area (Å²) in [7, 11) is -3.55. The van der Waals surface area contributed by atoms with Gasteiger partial charge in [-0.2, -0.15) is 0 Å². The van der Waals surface area contributed by atoms with Gasteiger partial charge in [0.15, 0.2) is 16.6 Å².